The van der Waals surface area contributed by atoms with Crippen molar-refractivity contribution in [1.82, 2.24) is 25.1 Å². The second kappa shape index (κ2) is 13.2. The minimum atomic E-state index is -0.969. The summed E-state index contributed by atoms with van der Waals surface area (Å²) in [5.41, 5.74) is 12.0. The Morgan fingerprint density at radius 2 is 1.88 bits per heavy atom. The summed E-state index contributed by atoms with van der Waals surface area (Å²) in [6, 6.07) is 10.7. The normalized spacial score (nSPS) is 24.7. The lowest BCUT2D eigenvalue weighted by Gasteiger charge is -2.41. The number of piperazine rings is 1. The van der Waals surface area contributed by atoms with E-state index in [0.717, 1.165) is 79.1 Å². The molecule has 4 amide bonds. The highest BCUT2D eigenvalue weighted by Gasteiger charge is 2.49. The van der Waals surface area contributed by atoms with Crippen molar-refractivity contribution in [2.24, 2.45) is 16.6 Å². The molecule has 2 aliphatic carbocycles. The summed E-state index contributed by atoms with van der Waals surface area (Å²) in [6.07, 6.45) is 11.9. The summed E-state index contributed by atoms with van der Waals surface area (Å²) in [5.74, 6) is -1.42. The van der Waals surface area contributed by atoms with E-state index in [4.69, 9.17) is 15.7 Å². The Hall–Kier alpha value is -5.17. The van der Waals surface area contributed by atoms with Crippen molar-refractivity contribution in [2.75, 3.05) is 43.4 Å². The van der Waals surface area contributed by atoms with Gasteiger partial charge < -0.3 is 16.0 Å². The summed E-state index contributed by atoms with van der Waals surface area (Å²) in [6.45, 7) is 3.85. The number of amides is 4. The monoisotopic (exact) mass is 689 g/mol. The number of fused-ring (bicyclic) bond motifs is 2. The molecule has 1 spiro atoms. The third-order valence-electron chi connectivity index (χ3n) is 11.4. The Morgan fingerprint density at radius 3 is 2.67 bits per heavy atom. The van der Waals surface area contributed by atoms with E-state index in [9.17, 15) is 19.2 Å². The lowest BCUT2D eigenvalue weighted by atomic mass is 9.78. The predicted octanol–water partition coefficient (Wildman–Crippen LogP) is 3.36. The molecule has 13 nitrogen and oxygen atoms in total. The van der Waals surface area contributed by atoms with Crippen LogP contribution in [0.15, 0.2) is 53.8 Å². The van der Waals surface area contributed by atoms with E-state index in [0.29, 0.717) is 17.2 Å². The largest absolute Gasteiger partial charge is 0.404 e. The highest BCUT2D eigenvalue weighted by Crippen LogP contribution is 2.44. The first kappa shape index (κ1) is 33.0. The number of aromatic nitrogens is 2. The van der Waals surface area contributed by atoms with Gasteiger partial charge in [0.25, 0.3) is 11.8 Å². The molecule has 1 atom stereocenters. The predicted molar refractivity (Wildman–Crippen MR) is 194 cm³/mol. The van der Waals surface area contributed by atoms with E-state index < -0.39 is 29.7 Å². The van der Waals surface area contributed by atoms with Crippen molar-refractivity contribution in [3.8, 4) is 0 Å². The average molecular weight is 690 g/mol. The number of carbonyl (C=O) groups excluding carboxylic acids is 4. The van der Waals surface area contributed by atoms with E-state index in [2.05, 4.69) is 50.7 Å². The molecule has 0 radical (unpaired) electrons. The summed E-state index contributed by atoms with van der Waals surface area (Å²) >= 11 is 0. The van der Waals surface area contributed by atoms with Gasteiger partial charge in [-0.3, -0.25) is 44.3 Å². The fourth-order valence-corrected chi connectivity index (χ4v) is 7.95. The van der Waals surface area contributed by atoms with Crippen LogP contribution in [0, 0.1) is 5.92 Å². The van der Waals surface area contributed by atoms with Gasteiger partial charge in [0.15, 0.2) is 0 Å². The first-order valence-electron chi connectivity index (χ1n) is 18.0. The number of allylic oxidation sites excluding steroid dienone is 1. The number of aliphatic imine (C=N–C) groups is 1. The van der Waals surface area contributed by atoms with Gasteiger partial charge in [0, 0.05) is 67.5 Å². The molecule has 0 bridgehead atoms. The van der Waals surface area contributed by atoms with E-state index in [1.807, 2.05) is 6.21 Å². The van der Waals surface area contributed by atoms with Crippen molar-refractivity contribution in [1.29, 1.82) is 0 Å². The van der Waals surface area contributed by atoms with Gasteiger partial charge in [0.1, 0.15) is 6.04 Å². The fraction of sp³-hybridized carbons (Fsp3) is 0.447. The third-order valence-corrected chi connectivity index (χ3v) is 11.4. The van der Waals surface area contributed by atoms with Crippen molar-refractivity contribution < 1.29 is 19.2 Å². The molecule has 2 saturated carbocycles. The quantitative estimate of drug-likeness (QED) is 0.163. The molecular formula is C38H43N9O4. The number of carbonyl (C=O) groups is 4. The molecule has 2 saturated heterocycles. The second-order valence-corrected chi connectivity index (χ2v) is 14.7. The smallest absolute Gasteiger partial charge is 0.262 e. The van der Waals surface area contributed by atoms with E-state index in [1.54, 1.807) is 30.6 Å². The van der Waals surface area contributed by atoms with Gasteiger partial charge in [0.2, 0.25) is 11.8 Å². The molecule has 51 heavy (non-hydrogen) atoms. The zero-order valence-corrected chi connectivity index (χ0v) is 28.8. The van der Waals surface area contributed by atoms with Crippen LogP contribution in [0.25, 0.3) is 16.6 Å². The number of likely N-dealkylation sites (N-methyl/N-ethyl adjacent to an activating group) is 1. The SMILES string of the molecule is CN1CCN(c2ccc3ncc(C(C=NC4CC(CCCNc5ccc6c(c5)C(=O)N(C5CCC(=O)NC5=O)C6=O)C4)=CN)nc3c2)CC12CC2. The molecule has 4 N–H and O–H groups in total. The Kier molecular flexibility index (Phi) is 8.53. The standard InChI is InChI=1S/C38H43N9O4/c1-45-13-14-46(22-38(45)10-11-38)27-5-7-30-31(18-27)43-32(21-42-30)24(19-39)20-41-26-15-23(16-26)3-2-12-40-25-4-6-28-29(17-25)37(51)47(36(28)50)33-8-9-34(48)44-35(33)49/h4-7,17-21,23,26,33,40H,2-3,8-16,22,39H2,1H3,(H,44,48,49). The Bertz CT molecular complexity index is 1980. The summed E-state index contributed by atoms with van der Waals surface area (Å²) in [7, 11) is 2.24. The number of nitrogens with one attached hydrogen (secondary N) is 2. The van der Waals surface area contributed by atoms with Gasteiger partial charge in [-0.1, -0.05) is 0 Å². The summed E-state index contributed by atoms with van der Waals surface area (Å²) in [4.78, 5) is 70.3. The van der Waals surface area contributed by atoms with Gasteiger partial charge in [0.05, 0.1) is 40.1 Å². The number of benzene rings is 2. The van der Waals surface area contributed by atoms with Crippen LogP contribution in [0.4, 0.5) is 11.4 Å². The number of imide groups is 2. The highest BCUT2D eigenvalue weighted by atomic mass is 16.2. The molecule has 5 aliphatic rings. The van der Waals surface area contributed by atoms with Gasteiger partial charge in [-0.15, -0.1) is 0 Å². The first-order valence-corrected chi connectivity index (χ1v) is 18.0. The first-order chi connectivity index (χ1) is 24.7. The Balaban J connectivity index is 0.804. The van der Waals surface area contributed by atoms with Gasteiger partial charge in [-0.25, -0.2) is 4.98 Å². The molecule has 13 heteroatoms. The van der Waals surface area contributed by atoms with Crippen LogP contribution >= 0.6 is 0 Å². The third kappa shape index (κ3) is 6.35. The maximum Gasteiger partial charge on any atom is 0.262 e. The van der Waals surface area contributed by atoms with Crippen LogP contribution in [0.2, 0.25) is 0 Å². The van der Waals surface area contributed by atoms with Crippen LogP contribution in [0.5, 0.6) is 0 Å². The zero-order valence-electron chi connectivity index (χ0n) is 28.8. The van der Waals surface area contributed by atoms with Crippen molar-refractivity contribution in [2.45, 2.75) is 69.0 Å². The zero-order chi connectivity index (χ0) is 35.3. The van der Waals surface area contributed by atoms with E-state index in [1.165, 1.54) is 18.5 Å². The number of piperidine rings is 1. The molecule has 264 valence electrons. The lowest BCUT2D eigenvalue weighted by molar-refractivity contribution is -0.136. The average Bonchev–Trinajstić information content (AvgIpc) is 3.85. The number of hydrogen-bond acceptors (Lipinski definition) is 11. The maximum atomic E-state index is 13.1. The number of hydrogen-bond donors (Lipinski definition) is 3. The molecule has 1 unspecified atom stereocenters. The fourth-order valence-electron chi connectivity index (χ4n) is 7.95. The topological polar surface area (TPSA) is 166 Å². The van der Waals surface area contributed by atoms with Crippen LogP contribution in [0.3, 0.4) is 0 Å². The molecule has 4 fully saturated rings. The van der Waals surface area contributed by atoms with Gasteiger partial charge in [-0.2, -0.15) is 0 Å². The minimum Gasteiger partial charge on any atom is -0.404 e. The number of nitrogens with two attached hydrogens (primary N) is 1. The molecule has 1 aromatic heterocycles. The second-order valence-electron chi connectivity index (χ2n) is 14.7. The van der Waals surface area contributed by atoms with Gasteiger partial charge in [-0.05, 0) is 94.3 Å². The minimum absolute atomic E-state index is 0.0931. The number of anilines is 2. The molecular weight excluding hydrogens is 646 g/mol. The van der Waals surface area contributed by atoms with Crippen LogP contribution in [-0.2, 0) is 9.59 Å². The molecule has 3 aliphatic heterocycles. The van der Waals surface area contributed by atoms with E-state index in [-0.39, 0.29) is 30.0 Å². The summed E-state index contributed by atoms with van der Waals surface area (Å²) < 4.78 is 0. The Labute approximate surface area is 296 Å². The molecule has 3 aromatic rings. The lowest BCUT2D eigenvalue weighted by Crippen LogP contribution is -2.54. The van der Waals surface area contributed by atoms with Crippen molar-refractivity contribution in [3.63, 3.8) is 0 Å². The van der Waals surface area contributed by atoms with Crippen LogP contribution < -0.4 is 21.3 Å². The van der Waals surface area contributed by atoms with Gasteiger partial charge >= 0.3 is 0 Å². The van der Waals surface area contributed by atoms with Crippen molar-refractivity contribution >= 4 is 57.8 Å². The Morgan fingerprint density at radius 1 is 1.06 bits per heavy atom. The van der Waals surface area contributed by atoms with Crippen LogP contribution in [0.1, 0.15) is 77.8 Å². The molecule has 8 rings (SSSR count). The molecule has 4 heterocycles. The summed E-state index contributed by atoms with van der Waals surface area (Å²) in [5, 5.41) is 5.59. The number of rotatable bonds is 10. The van der Waals surface area contributed by atoms with Crippen molar-refractivity contribution in [3.05, 3.63) is 65.6 Å². The highest BCUT2D eigenvalue weighted by molar-refractivity contribution is 6.23. The maximum absolute atomic E-state index is 13.1. The van der Waals surface area contributed by atoms with E-state index >= 15 is 0 Å². The molecule has 2 aromatic carbocycles. The number of nitrogens with zero attached hydrogens (tertiary/aromatic N) is 6. The van der Waals surface area contributed by atoms with Crippen LogP contribution in [-0.4, -0.2) is 100 Å².